The molecule has 1 unspecified atom stereocenters. The van der Waals surface area contributed by atoms with Gasteiger partial charge < -0.3 is 9.04 Å². The van der Waals surface area contributed by atoms with Gasteiger partial charge in [0.25, 0.3) is 6.47 Å². The first-order chi connectivity index (χ1) is 13.4. The van der Waals surface area contributed by atoms with Crippen LogP contribution in [0, 0.1) is 11.8 Å². The van der Waals surface area contributed by atoms with Gasteiger partial charge in [-0.3, -0.25) is 9.59 Å². The molecule has 28 heavy (non-hydrogen) atoms. The van der Waals surface area contributed by atoms with Crippen molar-refractivity contribution >= 4 is 23.5 Å². The standard InChI is InChI=1S/C11H19NOS.C9H14O2.C3H8/c1-4-9(3)10(5-2)11(13)14-12-7-6-8-12;1-3-5-9(4-2)6-7-11-8-10;1-3-2/h6-7,9-10H,4-5,8H2,1-3H3;4-5,8H,2-3,6-7H2,1H3;3H2,1-2H3/b;9-5+;/t9-,10?;;/m1../s1. The van der Waals surface area contributed by atoms with Crippen LogP contribution in [0.1, 0.15) is 73.6 Å². The predicted octanol–water partition coefficient (Wildman–Crippen LogP) is 6.55. The predicted molar refractivity (Wildman–Crippen MR) is 123 cm³/mol. The molecule has 1 aliphatic rings. The highest BCUT2D eigenvalue weighted by molar-refractivity contribution is 8.11. The SMILES string of the molecule is C=C/C(=C\CC)CCOC=O.CCC.CCC(C(=O)SN1C=CC1)[C@H](C)CC. The van der Waals surface area contributed by atoms with E-state index in [1.165, 1.54) is 18.4 Å². The zero-order valence-electron chi connectivity index (χ0n) is 18.8. The molecule has 0 aromatic heterocycles. The van der Waals surface area contributed by atoms with Crippen molar-refractivity contribution in [2.24, 2.45) is 11.8 Å². The highest BCUT2D eigenvalue weighted by Crippen LogP contribution is 2.28. The van der Waals surface area contributed by atoms with Crippen molar-refractivity contribution in [2.75, 3.05) is 13.2 Å². The minimum absolute atomic E-state index is 0.221. The van der Waals surface area contributed by atoms with Crippen LogP contribution < -0.4 is 0 Å². The highest BCUT2D eigenvalue weighted by Gasteiger charge is 2.24. The van der Waals surface area contributed by atoms with Gasteiger partial charge in [0.05, 0.1) is 6.61 Å². The topological polar surface area (TPSA) is 46.6 Å². The van der Waals surface area contributed by atoms with Gasteiger partial charge in [0.2, 0.25) is 5.12 Å². The minimum Gasteiger partial charge on any atom is -0.468 e. The Kier molecular flexibility index (Phi) is 20.8. The van der Waals surface area contributed by atoms with Gasteiger partial charge in [-0.15, -0.1) is 0 Å². The Bertz CT molecular complexity index is 474. The maximum Gasteiger partial charge on any atom is 0.293 e. The van der Waals surface area contributed by atoms with Crippen LogP contribution in [-0.4, -0.2) is 29.0 Å². The number of hydrogen-bond donors (Lipinski definition) is 0. The molecule has 0 N–H and O–H groups in total. The largest absolute Gasteiger partial charge is 0.468 e. The molecule has 1 aliphatic heterocycles. The number of allylic oxidation sites excluding steroid dienone is 2. The molecule has 5 heteroatoms. The fourth-order valence-corrected chi connectivity index (χ4v) is 3.38. The van der Waals surface area contributed by atoms with Crippen molar-refractivity contribution in [3.63, 3.8) is 0 Å². The lowest BCUT2D eigenvalue weighted by atomic mass is 9.91. The molecule has 0 spiro atoms. The summed E-state index contributed by atoms with van der Waals surface area (Å²) in [6, 6.07) is 0. The molecule has 1 rings (SSSR count). The fraction of sp³-hybridized carbons (Fsp3) is 0.652. The molecule has 1 heterocycles. The van der Waals surface area contributed by atoms with E-state index >= 15 is 0 Å². The summed E-state index contributed by atoms with van der Waals surface area (Å²) >= 11 is 1.37. The lowest BCUT2D eigenvalue weighted by Gasteiger charge is -2.26. The average molecular weight is 412 g/mol. The van der Waals surface area contributed by atoms with Crippen molar-refractivity contribution < 1.29 is 14.3 Å². The highest BCUT2D eigenvalue weighted by atomic mass is 32.2. The normalized spacial score (nSPS) is 14.4. The molecule has 0 bridgehead atoms. The van der Waals surface area contributed by atoms with Gasteiger partial charge in [0, 0.05) is 37.0 Å². The van der Waals surface area contributed by atoms with Gasteiger partial charge in [-0.25, -0.2) is 0 Å². The first-order valence-electron chi connectivity index (χ1n) is 10.5. The quantitative estimate of drug-likeness (QED) is 0.167. The summed E-state index contributed by atoms with van der Waals surface area (Å²) in [4.78, 5) is 21.6. The molecular formula is C23H41NO3S. The summed E-state index contributed by atoms with van der Waals surface area (Å²) in [7, 11) is 0. The second-order valence-corrected chi connectivity index (χ2v) is 7.66. The Morgan fingerprint density at radius 1 is 1.25 bits per heavy atom. The first-order valence-corrected chi connectivity index (χ1v) is 11.2. The number of rotatable bonds is 11. The van der Waals surface area contributed by atoms with Crippen LogP contribution in [0.4, 0.5) is 0 Å². The molecule has 0 aromatic carbocycles. The Hall–Kier alpha value is -1.49. The van der Waals surface area contributed by atoms with Crippen LogP contribution >= 0.6 is 11.9 Å². The summed E-state index contributed by atoms with van der Waals surface area (Å²) in [5.41, 5.74) is 1.13. The van der Waals surface area contributed by atoms with Gasteiger partial charge in [0.1, 0.15) is 0 Å². The molecule has 0 saturated carbocycles. The summed E-state index contributed by atoms with van der Waals surface area (Å²) in [6.45, 7) is 18.2. The number of nitrogens with zero attached hydrogens (tertiary/aromatic N) is 1. The van der Waals surface area contributed by atoms with E-state index in [1.807, 2.05) is 10.5 Å². The lowest BCUT2D eigenvalue weighted by Crippen LogP contribution is -2.25. The number of carbonyl (C=O) groups excluding carboxylic acids is 2. The molecule has 0 aromatic rings. The fourth-order valence-electron chi connectivity index (χ4n) is 2.30. The van der Waals surface area contributed by atoms with Crippen molar-refractivity contribution in [2.45, 2.75) is 73.6 Å². The smallest absolute Gasteiger partial charge is 0.293 e. The molecule has 0 radical (unpaired) electrons. The van der Waals surface area contributed by atoms with Crippen LogP contribution in [0.25, 0.3) is 0 Å². The van der Waals surface area contributed by atoms with Crippen molar-refractivity contribution in [1.29, 1.82) is 0 Å². The minimum atomic E-state index is 0.221. The third-order valence-electron chi connectivity index (χ3n) is 4.14. The maximum atomic E-state index is 11.9. The third kappa shape index (κ3) is 14.6. The van der Waals surface area contributed by atoms with Crippen LogP contribution in [0.5, 0.6) is 0 Å². The van der Waals surface area contributed by atoms with Crippen LogP contribution in [0.3, 0.4) is 0 Å². The monoisotopic (exact) mass is 411 g/mol. The molecule has 4 nitrogen and oxygen atoms in total. The summed E-state index contributed by atoms with van der Waals surface area (Å²) in [6.07, 6.45) is 12.9. The van der Waals surface area contributed by atoms with E-state index in [2.05, 4.69) is 65.0 Å². The van der Waals surface area contributed by atoms with E-state index in [0.29, 0.717) is 24.1 Å². The van der Waals surface area contributed by atoms with E-state index in [-0.39, 0.29) is 5.92 Å². The van der Waals surface area contributed by atoms with Gasteiger partial charge in [-0.05, 0) is 30.4 Å². The van der Waals surface area contributed by atoms with Gasteiger partial charge in [-0.1, -0.05) is 73.1 Å². The maximum absolute atomic E-state index is 11.9. The van der Waals surface area contributed by atoms with Crippen molar-refractivity contribution in [1.82, 2.24) is 4.31 Å². The zero-order chi connectivity index (χ0) is 21.8. The van der Waals surface area contributed by atoms with Crippen molar-refractivity contribution in [3.8, 4) is 0 Å². The average Bonchev–Trinajstić information content (AvgIpc) is 2.65. The van der Waals surface area contributed by atoms with Gasteiger partial charge >= 0.3 is 0 Å². The Morgan fingerprint density at radius 3 is 2.21 bits per heavy atom. The molecule has 0 aliphatic carbocycles. The van der Waals surface area contributed by atoms with E-state index in [9.17, 15) is 9.59 Å². The van der Waals surface area contributed by atoms with Crippen molar-refractivity contribution in [3.05, 3.63) is 36.6 Å². The number of hydrogen-bond acceptors (Lipinski definition) is 5. The summed E-state index contributed by atoms with van der Waals surface area (Å²) < 4.78 is 6.54. The second-order valence-electron chi connectivity index (χ2n) is 6.61. The van der Waals surface area contributed by atoms with E-state index < -0.39 is 0 Å². The van der Waals surface area contributed by atoms with Crippen LogP contribution in [0.15, 0.2) is 36.6 Å². The van der Waals surface area contributed by atoms with E-state index in [0.717, 1.165) is 37.8 Å². The Morgan fingerprint density at radius 2 is 1.86 bits per heavy atom. The summed E-state index contributed by atoms with van der Waals surface area (Å²) in [5, 5.41) is 0.325. The molecule has 0 fully saturated rings. The summed E-state index contributed by atoms with van der Waals surface area (Å²) in [5.74, 6) is 0.726. The number of ether oxygens (including phenoxy) is 1. The molecule has 162 valence electrons. The third-order valence-corrected chi connectivity index (χ3v) is 5.13. The van der Waals surface area contributed by atoms with E-state index in [4.69, 9.17) is 0 Å². The second kappa shape index (κ2) is 20.2. The molecule has 0 amide bonds. The molecule has 2 atom stereocenters. The van der Waals surface area contributed by atoms with E-state index in [1.54, 1.807) is 6.08 Å². The van der Waals surface area contributed by atoms with Crippen LogP contribution in [0.2, 0.25) is 0 Å². The molecule has 0 saturated heterocycles. The first kappa shape index (κ1) is 28.7. The zero-order valence-corrected chi connectivity index (χ0v) is 19.6. The Balaban J connectivity index is 0. The van der Waals surface area contributed by atoms with Gasteiger partial charge in [-0.2, -0.15) is 0 Å². The van der Waals surface area contributed by atoms with Crippen LogP contribution in [-0.2, 0) is 14.3 Å². The Labute approximate surface area is 177 Å². The molecular weight excluding hydrogens is 370 g/mol. The van der Waals surface area contributed by atoms with Gasteiger partial charge in [0.15, 0.2) is 0 Å². The lowest BCUT2D eigenvalue weighted by molar-refractivity contribution is -0.128. The number of carbonyl (C=O) groups is 2.